The summed E-state index contributed by atoms with van der Waals surface area (Å²) in [6, 6.07) is 14.9. The van der Waals surface area contributed by atoms with E-state index < -0.39 is 0 Å². The highest BCUT2D eigenvalue weighted by Crippen LogP contribution is 2.28. The summed E-state index contributed by atoms with van der Waals surface area (Å²) in [5.41, 5.74) is 2.60. The Morgan fingerprint density at radius 2 is 1.81 bits per heavy atom. The maximum absolute atomic E-state index is 12.7. The zero-order chi connectivity index (χ0) is 19.4. The molecule has 6 nitrogen and oxygen atoms in total. The molecule has 0 unspecified atom stereocenters. The van der Waals surface area contributed by atoms with Crippen LogP contribution in [0.4, 0.5) is 0 Å². The summed E-state index contributed by atoms with van der Waals surface area (Å²) in [5.74, 6) is 0.959. The highest BCUT2D eigenvalue weighted by Gasteiger charge is 2.21. The maximum Gasteiger partial charge on any atom is 0.256 e. The molecule has 1 N–H and O–H groups in total. The molecule has 0 aliphatic heterocycles. The van der Waals surface area contributed by atoms with E-state index in [0.717, 1.165) is 11.3 Å². The second-order valence-corrected chi connectivity index (χ2v) is 6.23. The van der Waals surface area contributed by atoms with Crippen LogP contribution in [0.25, 0.3) is 5.69 Å². The van der Waals surface area contributed by atoms with Crippen LogP contribution in [0, 0.1) is 6.92 Å². The van der Waals surface area contributed by atoms with Gasteiger partial charge in [-0.15, -0.1) is 0 Å². The standard InChI is InChI=1S/C20H20ClN3O3/c1-13-18(19(21)24(23-13)15-7-5-4-6-8-15)20(25)22-12-14-9-10-16(26-2)17(11-14)27-3/h4-11H,12H2,1-3H3,(H,22,25). The van der Waals surface area contributed by atoms with Crippen molar-refractivity contribution < 1.29 is 14.3 Å². The molecule has 1 aromatic heterocycles. The van der Waals surface area contributed by atoms with Gasteiger partial charge in [0.2, 0.25) is 0 Å². The number of methoxy groups -OCH3 is 2. The fourth-order valence-corrected chi connectivity index (χ4v) is 3.12. The second-order valence-electron chi connectivity index (χ2n) is 5.87. The lowest BCUT2D eigenvalue weighted by molar-refractivity contribution is 0.0950. The predicted molar refractivity (Wildman–Crippen MR) is 104 cm³/mol. The average molecular weight is 386 g/mol. The summed E-state index contributed by atoms with van der Waals surface area (Å²) in [5, 5.41) is 7.55. The van der Waals surface area contributed by atoms with Crippen molar-refractivity contribution in [1.82, 2.24) is 15.1 Å². The molecule has 7 heteroatoms. The van der Waals surface area contributed by atoms with Gasteiger partial charge in [0.05, 0.1) is 31.2 Å². The quantitative estimate of drug-likeness (QED) is 0.701. The van der Waals surface area contributed by atoms with Gasteiger partial charge in [-0.2, -0.15) is 5.10 Å². The minimum Gasteiger partial charge on any atom is -0.493 e. The van der Waals surface area contributed by atoms with Gasteiger partial charge in [0.25, 0.3) is 5.91 Å². The Labute approximate surface area is 162 Å². The van der Waals surface area contributed by atoms with Crippen molar-refractivity contribution >= 4 is 17.5 Å². The van der Waals surface area contributed by atoms with Gasteiger partial charge in [-0.3, -0.25) is 4.79 Å². The first-order chi connectivity index (χ1) is 13.0. The molecule has 0 fully saturated rings. The normalized spacial score (nSPS) is 10.5. The van der Waals surface area contributed by atoms with Crippen molar-refractivity contribution in [3.8, 4) is 17.2 Å². The number of halogens is 1. The molecule has 1 amide bonds. The highest BCUT2D eigenvalue weighted by atomic mass is 35.5. The van der Waals surface area contributed by atoms with Crippen LogP contribution in [0.5, 0.6) is 11.5 Å². The Morgan fingerprint density at radius 1 is 1.11 bits per heavy atom. The third kappa shape index (κ3) is 3.90. The molecule has 0 aliphatic rings. The van der Waals surface area contributed by atoms with Gasteiger partial charge in [-0.25, -0.2) is 4.68 Å². The van der Waals surface area contributed by atoms with E-state index in [1.165, 1.54) is 0 Å². The first-order valence-corrected chi connectivity index (χ1v) is 8.72. The summed E-state index contributed by atoms with van der Waals surface area (Å²) in [6.07, 6.45) is 0. The van der Waals surface area contributed by atoms with Crippen LogP contribution in [0.2, 0.25) is 5.15 Å². The first-order valence-electron chi connectivity index (χ1n) is 8.34. The minimum atomic E-state index is -0.283. The van der Waals surface area contributed by atoms with E-state index in [9.17, 15) is 4.79 Å². The topological polar surface area (TPSA) is 65.4 Å². The van der Waals surface area contributed by atoms with E-state index in [4.69, 9.17) is 21.1 Å². The summed E-state index contributed by atoms with van der Waals surface area (Å²) in [6.45, 7) is 2.09. The Bertz CT molecular complexity index is 955. The number of ether oxygens (including phenoxy) is 2. The smallest absolute Gasteiger partial charge is 0.256 e. The highest BCUT2D eigenvalue weighted by molar-refractivity contribution is 6.33. The van der Waals surface area contributed by atoms with Gasteiger partial charge >= 0.3 is 0 Å². The van der Waals surface area contributed by atoms with Crippen LogP contribution in [0.3, 0.4) is 0 Å². The predicted octanol–water partition coefficient (Wildman–Crippen LogP) is 3.78. The van der Waals surface area contributed by atoms with Crippen LogP contribution >= 0.6 is 11.6 Å². The monoisotopic (exact) mass is 385 g/mol. The van der Waals surface area contributed by atoms with E-state index in [1.54, 1.807) is 31.9 Å². The van der Waals surface area contributed by atoms with Gasteiger partial charge in [0, 0.05) is 6.54 Å². The number of hydrogen-bond acceptors (Lipinski definition) is 4. The molecule has 27 heavy (non-hydrogen) atoms. The van der Waals surface area contributed by atoms with Crippen molar-refractivity contribution in [3.05, 3.63) is 70.5 Å². The van der Waals surface area contributed by atoms with Crippen molar-refractivity contribution in [2.24, 2.45) is 0 Å². The van der Waals surface area contributed by atoms with Gasteiger partial charge in [0.1, 0.15) is 5.15 Å². The minimum absolute atomic E-state index is 0.281. The fourth-order valence-electron chi connectivity index (χ4n) is 2.76. The van der Waals surface area contributed by atoms with Crippen LogP contribution in [-0.2, 0) is 6.54 Å². The number of nitrogens with one attached hydrogen (secondary N) is 1. The van der Waals surface area contributed by atoms with Gasteiger partial charge in [0.15, 0.2) is 11.5 Å². The number of aromatic nitrogens is 2. The molecule has 0 radical (unpaired) electrons. The molecule has 1 heterocycles. The van der Waals surface area contributed by atoms with Crippen LogP contribution < -0.4 is 14.8 Å². The molecule has 3 aromatic rings. The third-order valence-electron chi connectivity index (χ3n) is 4.13. The van der Waals surface area contributed by atoms with E-state index >= 15 is 0 Å². The summed E-state index contributed by atoms with van der Waals surface area (Å²) in [4.78, 5) is 12.7. The molecule has 3 rings (SSSR count). The Morgan fingerprint density at radius 3 is 2.48 bits per heavy atom. The Balaban J connectivity index is 1.78. The number of nitrogens with zero attached hydrogens (tertiary/aromatic N) is 2. The number of carbonyl (C=O) groups is 1. The number of benzene rings is 2. The fraction of sp³-hybridized carbons (Fsp3) is 0.200. The summed E-state index contributed by atoms with van der Waals surface area (Å²) >= 11 is 6.43. The number of para-hydroxylation sites is 1. The Hall–Kier alpha value is -2.99. The van der Waals surface area contributed by atoms with E-state index in [2.05, 4.69) is 10.4 Å². The lowest BCUT2D eigenvalue weighted by Gasteiger charge is -2.10. The molecular weight excluding hydrogens is 366 g/mol. The molecule has 0 bridgehead atoms. The lowest BCUT2D eigenvalue weighted by atomic mass is 10.2. The zero-order valence-corrected chi connectivity index (χ0v) is 16.1. The van der Waals surface area contributed by atoms with E-state index in [-0.39, 0.29) is 11.1 Å². The number of carbonyl (C=O) groups excluding carboxylic acids is 1. The van der Waals surface area contributed by atoms with Gasteiger partial charge in [-0.1, -0.05) is 35.9 Å². The van der Waals surface area contributed by atoms with E-state index in [1.807, 2.05) is 42.5 Å². The first kappa shape index (κ1) is 18.8. The second kappa shape index (κ2) is 8.14. The van der Waals surface area contributed by atoms with Crippen molar-refractivity contribution in [3.63, 3.8) is 0 Å². The van der Waals surface area contributed by atoms with Crippen LogP contribution in [0.15, 0.2) is 48.5 Å². The molecule has 0 saturated carbocycles. The SMILES string of the molecule is COc1ccc(CNC(=O)c2c(C)nn(-c3ccccc3)c2Cl)cc1OC. The largest absolute Gasteiger partial charge is 0.493 e. The van der Waals surface area contributed by atoms with Crippen LogP contribution in [-0.4, -0.2) is 29.9 Å². The van der Waals surface area contributed by atoms with Crippen molar-refractivity contribution in [2.45, 2.75) is 13.5 Å². The summed E-state index contributed by atoms with van der Waals surface area (Å²) in [7, 11) is 3.15. The number of aryl methyl sites for hydroxylation is 1. The lowest BCUT2D eigenvalue weighted by Crippen LogP contribution is -2.23. The van der Waals surface area contributed by atoms with E-state index in [0.29, 0.717) is 29.3 Å². The molecule has 0 spiro atoms. The molecule has 140 valence electrons. The Kier molecular flexibility index (Phi) is 5.66. The van der Waals surface area contributed by atoms with Crippen LogP contribution in [0.1, 0.15) is 21.6 Å². The van der Waals surface area contributed by atoms with Crippen molar-refractivity contribution in [1.29, 1.82) is 0 Å². The van der Waals surface area contributed by atoms with Crippen molar-refractivity contribution in [2.75, 3.05) is 14.2 Å². The molecule has 0 aliphatic carbocycles. The number of amides is 1. The maximum atomic E-state index is 12.7. The average Bonchev–Trinajstić information content (AvgIpc) is 3.00. The summed E-state index contributed by atoms with van der Waals surface area (Å²) < 4.78 is 12.1. The molecular formula is C20H20ClN3O3. The third-order valence-corrected chi connectivity index (χ3v) is 4.48. The molecule has 2 aromatic carbocycles. The number of hydrogen-bond donors (Lipinski definition) is 1. The molecule has 0 saturated heterocycles. The zero-order valence-electron chi connectivity index (χ0n) is 15.3. The molecule has 0 atom stereocenters. The van der Waals surface area contributed by atoms with Gasteiger partial charge < -0.3 is 14.8 Å². The van der Waals surface area contributed by atoms with Gasteiger partial charge in [-0.05, 0) is 36.8 Å². The number of rotatable bonds is 6.